The Hall–Kier alpha value is -2.03. The molecular formula is C15H16O3. The minimum Gasteiger partial charge on any atom is -0.463 e. The molecule has 0 aliphatic rings. The number of rotatable bonds is 4. The normalized spacial score (nSPS) is 11.2. The number of hydrogen-bond acceptors (Lipinski definition) is 3. The van der Waals surface area contributed by atoms with Gasteiger partial charge in [0.25, 0.3) is 0 Å². The summed E-state index contributed by atoms with van der Waals surface area (Å²) >= 11 is 0. The molecule has 0 radical (unpaired) electrons. The number of esters is 1. The van der Waals surface area contributed by atoms with E-state index in [2.05, 4.69) is 13.0 Å². The fourth-order valence-corrected chi connectivity index (χ4v) is 1.76. The Kier molecular flexibility index (Phi) is 3.82. The molecule has 1 aromatic carbocycles. The van der Waals surface area contributed by atoms with Gasteiger partial charge >= 0.3 is 5.97 Å². The predicted octanol–water partition coefficient (Wildman–Crippen LogP) is 3.57. The van der Waals surface area contributed by atoms with E-state index >= 15 is 0 Å². The SMILES string of the molecule is CCOC(=O)/C=C/c1cc2cc(CC)ccc2o1. The summed E-state index contributed by atoms with van der Waals surface area (Å²) in [4.78, 5) is 11.2. The average molecular weight is 244 g/mol. The zero-order valence-corrected chi connectivity index (χ0v) is 10.6. The molecule has 0 aliphatic heterocycles. The number of hydrogen-bond donors (Lipinski definition) is 0. The zero-order valence-electron chi connectivity index (χ0n) is 10.6. The molecule has 0 aliphatic carbocycles. The van der Waals surface area contributed by atoms with Crippen LogP contribution in [0.4, 0.5) is 0 Å². The van der Waals surface area contributed by atoms with Crippen molar-refractivity contribution in [3.05, 3.63) is 41.7 Å². The van der Waals surface area contributed by atoms with Gasteiger partial charge in [-0.05, 0) is 43.2 Å². The fraction of sp³-hybridized carbons (Fsp3) is 0.267. The number of aryl methyl sites for hydroxylation is 1. The molecule has 0 fully saturated rings. The quantitative estimate of drug-likeness (QED) is 0.609. The molecule has 0 unspecified atom stereocenters. The molecule has 0 saturated heterocycles. The van der Waals surface area contributed by atoms with Gasteiger partial charge in [-0.1, -0.05) is 13.0 Å². The molecule has 0 bridgehead atoms. The van der Waals surface area contributed by atoms with E-state index in [1.54, 1.807) is 13.0 Å². The monoisotopic (exact) mass is 244 g/mol. The Balaban J connectivity index is 2.22. The molecule has 2 rings (SSSR count). The van der Waals surface area contributed by atoms with Crippen molar-refractivity contribution in [3.63, 3.8) is 0 Å². The number of carbonyl (C=O) groups excluding carboxylic acids is 1. The minimum absolute atomic E-state index is 0.354. The van der Waals surface area contributed by atoms with Crippen molar-refractivity contribution >= 4 is 23.0 Å². The van der Waals surface area contributed by atoms with Crippen molar-refractivity contribution in [3.8, 4) is 0 Å². The van der Waals surface area contributed by atoms with Gasteiger partial charge in [-0.25, -0.2) is 4.79 Å². The Labute approximate surface area is 106 Å². The number of furan rings is 1. The molecule has 1 aromatic heterocycles. The summed E-state index contributed by atoms with van der Waals surface area (Å²) in [6.45, 7) is 4.27. The molecule has 0 saturated carbocycles. The van der Waals surface area contributed by atoms with Crippen LogP contribution in [0.15, 0.2) is 34.8 Å². The molecule has 0 N–H and O–H groups in total. The third-order valence-corrected chi connectivity index (χ3v) is 2.68. The van der Waals surface area contributed by atoms with Gasteiger partial charge in [0.05, 0.1) is 6.61 Å². The average Bonchev–Trinajstić information content (AvgIpc) is 2.78. The smallest absolute Gasteiger partial charge is 0.330 e. The van der Waals surface area contributed by atoms with E-state index in [0.29, 0.717) is 12.4 Å². The number of benzene rings is 1. The van der Waals surface area contributed by atoms with Crippen LogP contribution < -0.4 is 0 Å². The van der Waals surface area contributed by atoms with Gasteiger partial charge in [0.2, 0.25) is 0 Å². The van der Waals surface area contributed by atoms with E-state index in [-0.39, 0.29) is 5.97 Å². The van der Waals surface area contributed by atoms with Gasteiger partial charge in [-0.15, -0.1) is 0 Å². The van der Waals surface area contributed by atoms with Crippen molar-refractivity contribution in [2.24, 2.45) is 0 Å². The van der Waals surface area contributed by atoms with Gasteiger partial charge in [-0.2, -0.15) is 0 Å². The lowest BCUT2D eigenvalue weighted by Crippen LogP contribution is -1.98. The van der Waals surface area contributed by atoms with E-state index in [1.807, 2.05) is 18.2 Å². The molecule has 2 aromatic rings. The van der Waals surface area contributed by atoms with Crippen molar-refractivity contribution in [2.45, 2.75) is 20.3 Å². The Morgan fingerprint density at radius 2 is 2.17 bits per heavy atom. The first-order valence-electron chi connectivity index (χ1n) is 6.10. The predicted molar refractivity (Wildman–Crippen MR) is 71.3 cm³/mol. The Bertz CT molecular complexity index is 578. The lowest BCUT2D eigenvalue weighted by Gasteiger charge is -1.93. The van der Waals surface area contributed by atoms with E-state index in [9.17, 15) is 4.79 Å². The number of fused-ring (bicyclic) bond motifs is 1. The standard InChI is InChI=1S/C15H16O3/c1-3-11-5-7-14-12(9-11)10-13(18-14)6-8-15(16)17-4-2/h5-10H,3-4H2,1-2H3/b8-6+. The van der Waals surface area contributed by atoms with E-state index < -0.39 is 0 Å². The highest BCUT2D eigenvalue weighted by atomic mass is 16.5. The van der Waals surface area contributed by atoms with E-state index in [1.165, 1.54) is 11.6 Å². The summed E-state index contributed by atoms with van der Waals surface area (Å²) < 4.78 is 10.4. The summed E-state index contributed by atoms with van der Waals surface area (Å²) in [6.07, 6.45) is 4.00. The minimum atomic E-state index is -0.354. The second-order valence-electron chi connectivity index (χ2n) is 3.96. The fourth-order valence-electron chi connectivity index (χ4n) is 1.76. The number of carbonyl (C=O) groups is 1. The van der Waals surface area contributed by atoms with Crippen LogP contribution >= 0.6 is 0 Å². The summed E-state index contributed by atoms with van der Waals surface area (Å²) in [5.74, 6) is 0.304. The van der Waals surface area contributed by atoms with E-state index in [4.69, 9.17) is 9.15 Å². The van der Waals surface area contributed by atoms with Crippen molar-refractivity contribution < 1.29 is 13.9 Å². The molecule has 94 valence electrons. The van der Waals surface area contributed by atoms with Crippen LogP contribution in [0, 0.1) is 0 Å². The molecule has 0 atom stereocenters. The van der Waals surface area contributed by atoms with Crippen LogP contribution in [0.25, 0.3) is 17.0 Å². The maximum atomic E-state index is 11.2. The summed E-state index contributed by atoms with van der Waals surface area (Å²) in [5.41, 5.74) is 2.10. The third-order valence-electron chi connectivity index (χ3n) is 2.68. The Morgan fingerprint density at radius 1 is 1.33 bits per heavy atom. The van der Waals surface area contributed by atoms with Crippen LogP contribution in [0.5, 0.6) is 0 Å². The van der Waals surface area contributed by atoms with Gasteiger partial charge < -0.3 is 9.15 Å². The summed E-state index contributed by atoms with van der Waals surface area (Å²) in [7, 11) is 0. The van der Waals surface area contributed by atoms with Crippen molar-refractivity contribution in [1.29, 1.82) is 0 Å². The molecule has 0 amide bonds. The molecule has 18 heavy (non-hydrogen) atoms. The van der Waals surface area contributed by atoms with Crippen LogP contribution in [0.1, 0.15) is 25.2 Å². The lowest BCUT2D eigenvalue weighted by molar-refractivity contribution is -0.137. The van der Waals surface area contributed by atoms with Gasteiger partial charge in [0.1, 0.15) is 11.3 Å². The largest absolute Gasteiger partial charge is 0.463 e. The second kappa shape index (κ2) is 5.54. The maximum Gasteiger partial charge on any atom is 0.330 e. The first kappa shape index (κ1) is 12.4. The van der Waals surface area contributed by atoms with Gasteiger partial charge in [0, 0.05) is 11.5 Å². The van der Waals surface area contributed by atoms with Gasteiger partial charge in [0.15, 0.2) is 0 Å². The molecule has 3 heteroatoms. The van der Waals surface area contributed by atoms with Crippen molar-refractivity contribution in [1.82, 2.24) is 0 Å². The van der Waals surface area contributed by atoms with E-state index in [0.717, 1.165) is 17.4 Å². The molecule has 3 nitrogen and oxygen atoms in total. The molecule has 0 spiro atoms. The second-order valence-corrected chi connectivity index (χ2v) is 3.96. The summed E-state index contributed by atoms with van der Waals surface area (Å²) in [5, 5.41) is 1.05. The molecular weight excluding hydrogens is 228 g/mol. The maximum absolute atomic E-state index is 11.2. The van der Waals surface area contributed by atoms with Crippen LogP contribution in [0.3, 0.4) is 0 Å². The highest BCUT2D eigenvalue weighted by molar-refractivity contribution is 5.88. The highest BCUT2D eigenvalue weighted by Crippen LogP contribution is 2.21. The molecule has 1 heterocycles. The number of ether oxygens (including phenoxy) is 1. The van der Waals surface area contributed by atoms with Crippen molar-refractivity contribution in [2.75, 3.05) is 6.61 Å². The van der Waals surface area contributed by atoms with Crippen LogP contribution in [-0.2, 0) is 16.0 Å². The van der Waals surface area contributed by atoms with Crippen LogP contribution in [0.2, 0.25) is 0 Å². The first-order valence-corrected chi connectivity index (χ1v) is 6.10. The zero-order chi connectivity index (χ0) is 13.0. The third kappa shape index (κ3) is 2.80. The lowest BCUT2D eigenvalue weighted by atomic mass is 10.1. The van der Waals surface area contributed by atoms with Crippen LogP contribution in [-0.4, -0.2) is 12.6 Å². The Morgan fingerprint density at radius 3 is 2.89 bits per heavy atom. The highest BCUT2D eigenvalue weighted by Gasteiger charge is 2.02. The van der Waals surface area contributed by atoms with Gasteiger partial charge in [-0.3, -0.25) is 0 Å². The first-order chi connectivity index (χ1) is 8.72. The summed E-state index contributed by atoms with van der Waals surface area (Å²) in [6, 6.07) is 8.02. The topological polar surface area (TPSA) is 39.4 Å².